The van der Waals surface area contributed by atoms with Crippen molar-refractivity contribution in [3.05, 3.63) is 59.0 Å². The van der Waals surface area contributed by atoms with Crippen LogP contribution in [0.1, 0.15) is 16.1 Å². The number of carbonyl (C=O) groups is 1. The first kappa shape index (κ1) is 25.8. The lowest BCUT2D eigenvalue weighted by molar-refractivity contribution is 0.0593. The number of rotatable bonds is 8. The number of aromatic nitrogens is 2. The lowest BCUT2D eigenvalue weighted by Crippen LogP contribution is -2.19. The van der Waals surface area contributed by atoms with Crippen molar-refractivity contribution in [2.45, 2.75) is 0 Å². The van der Waals surface area contributed by atoms with Gasteiger partial charge in [-0.3, -0.25) is 0 Å². The van der Waals surface area contributed by atoms with Crippen LogP contribution in [0.4, 0.5) is 21.6 Å². The lowest BCUT2D eigenvalue weighted by atomic mass is 10.1. The Morgan fingerprint density at radius 2 is 1.80 bits per heavy atom. The Morgan fingerprint density at radius 3 is 2.37 bits per heavy atom. The molecule has 0 N–H and O–H groups in total. The van der Waals surface area contributed by atoms with Crippen LogP contribution in [0.25, 0.3) is 17.5 Å². The summed E-state index contributed by atoms with van der Waals surface area (Å²) < 4.78 is 31.3. The van der Waals surface area contributed by atoms with E-state index in [9.17, 15) is 4.79 Å². The summed E-state index contributed by atoms with van der Waals surface area (Å²) in [5.41, 5.74) is 1.09. The van der Waals surface area contributed by atoms with Crippen molar-refractivity contribution < 1.29 is 23.4 Å². The normalized spacial score (nSPS) is 10.5. The third-order valence-corrected chi connectivity index (χ3v) is 5.63. The fourth-order valence-electron chi connectivity index (χ4n) is 3.57. The van der Waals surface area contributed by atoms with Crippen molar-refractivity contribution in [2.75, 3.05) is 52.3 Å². The average molecular weight is 501 g/mol. The number of esters is 1. The van der Waals surface area contributed by atoms with Gasteiger partial charge in [0.2, 0.25) is 0 Å². The van der Waals surface area contributed by atoms with E-state index in [0.717, 1.165) is 0 Å². The van der Waals surface area contributed by atoms with Gasteiger partial charge in [-0.1, -0.05) is 24.3 Å². The van der Waals surface area contributed by atoms with Gasteiger partial charge < -0.3 is 24.0 Å². The average Bonchev–Trinajstić information content (AvgIpc) is 2.86. The Hall–Kier alpha value is -3.85. The number of anilines is 3. The van der Waals surface area contributed by atoms with Gasteiger partial charge in [-0.15, -0.1) is 0 Å². The summed E-state index contributed by atoms with van der Waals surface area (Å²) in [6, 6.07) is 8.26. The third kappa shape index (κ3) is 4.85. The molecule has 0 amide bonds. The quantitative estimate of drug-likeness (QED) is 0.390. The number of hydrogen-bond donors (Lipinski definition) is 0. The fourth-order valence-corrected chi connectivity index (χ4v) is 3.89. The zero-order valence-corrected chi connectivity index (χ0v) is 21.1. The number of benzene rings is 2. The molecule has 0 unspecified atom stereocenters. The zero-order valence-electron chi connectivity index (χ0n) is 20.3. The van der Waals surface area contributed by atoms with Crippen molar-refractivity contribution in [3.63, 3.8) is 0 Å². The molecule has 10 heteroatoms. The minimum atomic E-state index is -0.720. The second-order valence-electron chi connectivity index (χ2n) is 7.58. The second-order valence-corrected chi connectivity index (χ2v) is 7.98. The summed E-state index contributed by atoms with van der Waals surface area (Å²) in [7, 11) is 9.39. The number of methoxy groups -OCH3 is 3. The number of nitrogens with zero attached hydrogens (tertiary/aromatic N) is 4. The summed E-state index contributed by atoms with van der Waals surface area (Å²) in [6.45, 7) is 3.82. The molecule has 0 radical (unpaired) electrons. The monoisotopic (exact) mass is 500 g/mol. The summed E-state index contributed by atoms with van der Waals surface area (Å²) in [5, 5.41) is 0.229. The first-order valence-corrected chi connectivity index (χ1v) is 10.8. The van der Waals surface area contributed by atoms with Crippen LogP contribution in [0.15, 0.2) is 36.9 Å². The van der Waals surface area contributed by atoms with E-state index in [1.54, 1.807) is 62.3 Å². The van der Waals surface area contributed by atoms with E-state index in [-0.39, 0.29) is 33.6 Å². The standard InChI is InChI=1S/C25H26ClFN4O4/c1-8-15-21(25(32)35-7)28-23(16-10-11-17(26)22(20(16)27)30(2)3)29-24(15)31(4)18-12-9-14(33-5)13-19(18)34-6/h8-13H,1H2,2-7H3. The van der Waals surface area contributed by atoms with Crippen LogP contribution in [0.2, 0.25) is 5.02 Å². The van der Waals surface area contributed by atoms with E-state index in [0.29, 0.717) is 22.7 Å². The van der Waals surface area contributed by atoms with E-state index < -0.39 is 11.8 Å². The Kier molecular flexibility index (Phi) is 7.81. The molecule has 3 rings (SSSR count). The first-order valence-electron chi connectivity index (χ1n) is 10.4. The van der Waals surface area contributed by atoms with E-state index in [1.165, 1.54) is 26.4 Å². The van der Waals surface area contributed by atoms with Gasteiger partial charge in [0.05, 0.1) is 48.9 Å². The molecule has 8 nitrogen and oxygen atoms in total. The molecule has 0 aliphatic heterocycles. The van der Waals surface area contributed by atoms with Crippen LogP contribution in [-0.2, 0) is 4.74 Å². The Balaban J connectivity index is 2.33. The van der Waals surface area contributed by atoms with E-state index in [1.807, 2.05) is 0 Å². The highest BCUT2D eigenvalue weighted by Gasteiger charge is 2.26. The molecule has 0 fully saturated rings. The van der Waals surface area contributed by atoms with Crippen LogP contribution >= 0.6 is 11.6 Å². The molecule has 0 atom stereocenters. The maximum atomic E-state index is 15.5. The SMILES string of the molecule is C=Cc1c(C(=O)OC)nc(-c2ccc(Cl)c(N(C)C)c2F)nc1N(C)c1ccc(OC)cc1OC. The van der Waals surface area contributed by atoms with Gasteiger partial charge in [0.25, 0.3) is 0 Å². The Morgan fingerprint density at radius 1 is 1.09 bits per heavy atom. The second kappa shape index (κ2) is 10.6. The largest absolute Gasteiger partial charge is 0.497 e. The predicted octanol–water partition coefficient (Wildman–Crippen LogP) is 5.22. The molecule has 0 saturated heterocycles. The summed E-state index contributed by atoms with van der Waals surface area (Å²) in [4.78, 5) is 24.9. The molecule has 0 saturated carbocycles. The number of hydrogen-bond acceptors (Lipinski definition) is 8. The molecule has 35 heavy (non-hydrogen) atoms. The molecular weight excluding hydrogens is 475 g/mol. The molecular formula is C25H26ClFN4O4. The minimum Gasteiger partial charge on any atom is -0.497 e. The topological polar surface area (TPSA) is 77.0 Å². The Labute approximate surface area is 208 Å². The molecule has 0 spiro atoms. The van der Waals surface area contributed by atoms with Crippen LogP contribution in [-0.4, -0.2) is 58.4 Å². The highest BCUT2D eigenvalue weighted by molar-refractivity contribution is 6.33. The van der Waals surface area contributed by atoms with Gasteiger partial charge in [0.15, 0.2) is 17.3 Å². The third-order valence-electron chi connectivity index (χ3n) is 5.33. The lowest BCUT2D eigenvalue weighted by Gasteiger charge is -2.24. The molecule has 0 aliphatic rings. The van der Waals surface area contributed by atoms with Crippen molar-refractivity contribution in [3.8, 4) is 22.9 Å². The van der Waals surface area contributed by atoms with Crippen molar-refractivity contribution >= 4 is 40.8 Å². The van der Waals surface area contributed by atoms with Gasteiger partial charge in [-0.05, 0) is 24.3 Å². The van der Waals surface area contributed by atoms with Gasteiger partial charge in [-0.2, -0.15) is 0 Å². The van der Waals surface area contributed by atoms with Crippen LogP contribution in [0.3, 0.4) is 0 Å². The van der Waals surface area contributed by atoms with Gasteiger partial charge in [0.1, 0.15) is 17.3 Å². The molecule has 1 aromatic heterocycles. The fraction of sp³-hybridized carbons (Fsp3) is 0.240. The molecule has 1 heterocycles. The number of ether oxygens (including phenoxy) is 3. The smallest absolute Gasteiger partial charge is 0.357 e. The van der Waals surface area contributed by atoms with E-state index >= 15 is 4.39 Å². The predicted molar refractivity (Wildman–Crippen MR) is 136 cm³/mol. The summed E-state index contributed by atoms with van der Waals surface area (Å²) >= 11 is 6.21. The Bertz CT molecular complexity index is 1280. The summed E-state index contributed by atoms with van der Waals surface area (Å²) in [5.74, 6) is 0.00912. The molecule has 0 bridgehead atoms. The van der Waals surface area contributed by atoms with Crippen molar-refractivity contribution in [1.29, 1.82) is 0 Å². The van der Waals surface area contributed by atoms with Crippen LogP contribution < -0.4 is 19.3 Å². The molecule has 184 valence electrons. The maximum absolute atomic E-state index is 15.5. The van der Waals surface area contributed by atoms with Gasteiger partial charge >= 0.3 is 5.97 Å². The van der Waals surface area contributed by atoms with Crippen molar-refractivity contribution in [2.24, 2.45) is 0 Å². The van der Waals surface area contributed by atoms with Crippen LogP contribution in [0, 0.1) is 5.82 Å². The summed E-state index contributed by atoms with van der Waals surface area (Å²) in [6.07, 6.45) is 1.45. The minimum absolute atomic E-state index is 0.0254. The van der Waals surface area contributed by atoms with Crippen molar-refractivity contribution in [1.82, 2.24) is 9.97 Å². The number of halogens is 2. The maximum Gasteiger partial charge on any atom is 0.357 e. The number of carbonyl (C=O) groups excluding carboxylic acids is 1. The molecule has 2 aromatic carbocycles. The van der Waals surface area contributed by atoms with E-state index in [4.69, 9.17) is 25.8 Å². The van der Waals surface area contributed by atoms with Crippen LogP contribution in [0.5, 0.6) is 11.5 Å². The molecule has 0 aliphatic carbocycles. The molecule has 3 aromatic rings. The van der Waals surface area contributed by atoms with Gasteiger partial charge in [-0.25, -0.2) is 19.2 Å². The zero-order chi connectivity index (χ0) is 25.9. The highest BCUT2D eigenvalue weighted by atomic mass is 35.5. The first-order chi connectivity index (χ1) is 16.7. The van der Waals surface area contributed by atoms with E-state index in [2.05, 4.69) is 16.5 Å². The highest BCUT2D eigenvalue weighted by Crippen LogP contribution is 2.39. The van der Waals surface area contributed by atoms with Gasteiger partial charge in [0, 0.05) is 27.2 Å².